The van der Waals surface area contributed by atoms with Crippen LogP contribution in [0, 0.1) is 23.2 Å². The van der Waals surface area contributed by atoms with Gasteiger partial charge in [-0.1, -0.05) is 40.5 Å². The van der Waals surface area contributed by atoms with E-state index >= 15 is 0 Å². The Morgan fingerprint density at radius 2 is 2.08 bits per heavy atom. The van der Waals surface area contributed by atoms with E-state index in [1.54, 1.807) is 0 Å². The van der Waals surface area contributed by atoms with Crippen LogP contribution in [-0.2, 0) is 4.79 Å². The van der Waals surface area contributed by atoms with Crippen LogP contribution in [0.25, 0.3) is 0 Å². The first kappa shape index (κ1) is 10.6. The molecule has 1 rings (SSSR count). The van der Waals surface area contributed by atoms with Crippen molar-refractivity contribution in [2.45, 2.75) is 40.5 Å². The van der Waals surface area contributed by atoms with E-state index in [0.717, 1.165) is 12.8 Å². The molecule has 1 fully saturated rings. The minimum atomic E-state index is -0.613. The Kier molecular flexibility index (Phi) is 2.69. The first-order valence-electron chi connectivity index (χ1n) is 5.15. The van der Waals surface area contributed by atoms with Crippen molar-refractivity contribution in [2.75, 3.05) is 0 Å². The van der Waals surface area contributed by atoms with Gasteiger partial charge in [0.25, 0.3) is 0 Å². The van der Waals surface area contributed by atoms with Gasteiger partial charge in [0.1, 0.15) is 0 Å². The van der Waals surface area contributed by atoms with Crippen molar-refractivity contribution in [3.63, 3.8) is 0 Å². The monoisotopic (exact) mass is 184 g/mol. The molecule has 3 unspecified atom stereocenters. The molecule has 0 aromatic heterocycles. The molecular weight excluding hydrogens is 164 g/mol. The van der Waals surface area contributed by atoms with Crippen molar-refractivity contribution in [3.05, 3.63) is 0 Å². The number of rotatable bonds is 4. The molecular formula is C11H20O2. The molecule has 0 heterocycles. The molecule has 1 aliphatic carbocycles. The zero-order valence-electron chi connectivity index (χ0n) is 9.00. The lowest BCUT2D eigenvalue weighted by Crippen LogP contribution is -2.05. The minimum Gasteiger partial charge on any atom is -0.481 e. The van der Waals surface area contributed by atoms with Gasteiger partial charge in [-0.15, -0.1) is 0 Å². The summed E-state index contributed by atoms with van der Waals surface area (Å²) in [4.78, 5) is 10.9. The lowest BCUT2D eigenvalue weighted by Gasteiger charge is -2.10. The fraction of sp³-hybridized carbons (Fsp3) is 0.909. The third-order valence-electron chi connectivity index (χ3n) is 3.53. The molecule has 0 saturated heterocycles. The Balaban J connectivity index is 2.59. The highest BCUT2D eigenvalue weighted by Crippen LogP contribution is 2.62. The summed E-state index contributed by atoms with van der Waals surface area (Å²) < 4.78 is 0. The van der Waals surface area contributed by atoms with E-state index in [1.807, 2.05) is 0 Å². The van der Waals surface area contributed by atoms with Crippen LogP contribution in [0.5, 0.6) is 0 Å². The molecule has 2 heteroatoms. The second kappa shape index (κ2) is 3.32. The highest BCUT2D eigenvalue weighted by atomic mass is 16.4. The van der Waals surface area contributed by atoms with Crippen LogP contribution in [-0.4, -0.2) is 11.1 Å². The minimum absolute atomic E-state index is 0.0282. The van der Waals surface area contributed by atoms with Crippen LogP contribution in [0.2, 0.25) is 0 Å². The molecule has 0 bridgehead atoms. The molecule has 0 aromatic carbocycles. The van der Waals surface area contributed by atoms with E-state index in [9.17, 15) is 4.79 Å². The van der Waals surface area contributed by atoms with E-state index < -0.39 is 5.97 Å². The average molecular weight is 184 g/mol. The van der Waals surface area contributed by atoms with Gasteiger partial charge in [-0.2, -0.15) is 0 Å². The number of carboxylic acid groups (broad SMARTS) is 1. The number of aliphatic carboxylic acids is 1. The molecule has 13 heavy (non-hydrogen) atoms. The first-order valence-corrected chi connectivity index (χ1v) is 5.15. The van der Waals surface area contributed by atoms with Gasteiger partial charge in [0, 0.05) is 0 Å². The Bertz CT molecular complexity index is 208. The first-order chi connectivity index (χ1) is 5.92. The number of hydrogen-bond donors (Lipinski definition) is 1. The third kappa shape index (κ3) is 1.72. The van der Waals surface area contributed by atoms with Gasteiger partial charge in [-0.25, -0.2) is 0 Å². The maximum absolute atomic E-state index is 10.9. The van der Waals surface area contributed by atoms with Crippen LogP contribution in [0.1, 0.15) is 40.5 Å². The summed E-state index contributed by atoms with van der Waals surface area (Å²) in [5, 5.41) is 8.98. The lowest BCUT2D eigenvalue weighted by atomic mass is 9.95. The second-order valence-corrected chi connectivity index (χ2v) is 4.93. The van der Waals surface area contributed by atoms with Gasteiger partial charge in [0.2, 0.25) is 0 Å². The summed E-state index contributed by atoms with van der Waals surface area (Å²) in [7, 11) is 0. The van der Waals surface area contributed by atoms with Gasteiger partial charge in [0.15, 0.2) is 0 Å². The molecule has 3 atom stereocenters. The van der Waals surface area contributed by atoms with Crippen LogP contribution in [0.15, 0.2) is 0 Å². The van der Waals surface area contributed by atoms with Gasteiger partial charge < -0.3 is 5.11 Å². The average Bonchev–Trinajstić information content (AvgIpc) is 2.54. The van der Waals surface area contributed by atoms with Crippen LogP contribution < -0.4 is 0 Å². The predicted molar refractivity (Wildman–Crippen MR) is 52.5 cm³/mol. The van der Waals surface area contributed by atoms with E-state index in [0.29, 0.717) is 11.8 Å². The molecule has 0 amide bonds. The molecule has 0 radical (unpaired) electrons. The summed E-state index contributed by atoms with van der Waals surface area (Å²) in [6, 6.07) is 0. The molecule has 1 N–H and O–H groups in total. The van der Waals surface area contributed by atoms with Gasteiger partial charge in [-0.05, 0) is 17.3 Å². The van der Waals surface area contributed by atoms with Crippen molar-refractivity contribution < 1.29 is 9.90 Å². The zero-order valence-corrected chi connectivity index (χ0v) is 9.00. The SMILES string of the molecule is CCCC(C)C1C(C(=O)O)C1(C)C. The highest BCUT2D eigenvalue weighted by Gasteiger charge is 2.63. The van der Waals surface area contributed by atoms with Crippen molar-refractivity contribution >= 4 is 5.97 Å². The van der Waals surface area contributed by atoms with Gasteiger partial charge in [-0.3, -0.25) is 4.79 Å². The Morgan fingerprint density at radius 3 is 2.38 bits per heavy atom. The maximum atomic E-state index is 10.9. The molecule has 0 aliphatic heterocycles. The number of carbonyl (C=O) groups is 1. The fourth-order valence-corrected chi connectivity index (χ4v) is 2.85. The van der Waals surface area contributed by atoms with Gasteiger partial charge >= 0.3 is 5.97 Å². The fourth-order valence-electron chi connectivity index (χ4n) is 2.85. The van der Waals surface area contributed by atoms with E-state index in [-0.39, 0.29) is 11.3 Å². The van der Waals surface area contributed by atoms with Crippen molar-refractivity contribution in [3.8, 4) is 0 Å². The van der Waals surface area contributed by atoms with E-state index in [2.05, 4.69) is 27.7 Å². The highest BCUT2D eigenvalue weighted by molar-refractivity contribution is 5.75. The number of carboxylic acids is 1. The van der Waals surface area contributed by atoms with Crippen molar-refractivity contribution in [1.29, 1.82) is 0 Å². The molecule has 2 nitrogen and oxygen atoms in total. The molecule has 0 spiro atoms. The normalized spacial score (nSPS) is 32.6. The van der Waals surface area contributed by atoms with Crippen LogP contribution >= 0.6 is 0 Å². The summed E-state index contributed by atoms with van der Waals surface area (Å²) in [6.07, 6.45) is 2.30. The molecule has 0 aromatic rings. The Labute approximate surface area is 80.3 Å². The summed E-state index contributed by atoms with van der Waals surface area (Å²) in [5.41, 5.74) is 0.0282. The topological polar surface area (TPSA) is 37.3 Å². The standard InChI is InChI=1S/C11H20O2/c1-5-6-7(2)8-9(10(12)13)11(8,3)4/h7-9H,5-6H2,1-4H3,(H,12,13). The quantitative estimate of drug-likeness (QED) is 0.729. The van der Waals surface area contributed by atoms with Crippen molar-refractivity contribution in [2.24, 2.45) is 23.2 Å². The molecule has 1 aliphatic rings. The van der Waals surface area contributed by atoms with Crippen LogP contribution in [0.3, 0.4) is 0 Å². The van der Waals surface area contributed by atoms with Crippen molar-refractivity contribution in [1.82, 2.24) is 0 Å². The lowest BCUT2D eigenvalue weighted by molar-refractivity contribution is -0.139. The number of hydrogen-bond acceptors (Lipinski definition) is 1. The van der Waals surface area contributed by atoms with E-state index in [4.69, 9.17) is 5.11 Å². The van der Waals surface area contributed by atoms with Gasteiger partial charge in [0.05, 0.1) is 5.92 Å². The second-order valence-electron chi connectivity index (χ2n) is 4.93. The Hall–Kier alpha value is -0.530. The van der Waals surface area contributed by atoms with E-state index in [1.165, 1.54) is 0 Å². The zero-order chi connectivity index (χ0) is 10.2. The molecule has 76 valence electrons. The third-order valence-corrected chi connectivity index (χ3v) is 3.53. The summed E-state index contributed by atoms with van der Waals surface area (Å²) >= 11 is 0. The summed E-state index contributed by atoms with van der Waals surface area (Å²) in [6.45, 7) is 8.48. The Morgan fingerprint density at radius 1 is 1.54 bits per heavy atom. The molecule has 1 saturated carbocycles. The van der Waals surface area contributed by atoms with Crippen LogP contribution in [0.4, 0.5) is 0 Å². The summed E-state index contributed by atoms with van der Waals surface area (Å²) in [5.74, 6) is 0.234. The predicted octanol–water partition coefficient (Wildman–Crippen LogP) is 2.78. The largest absolute Gasteiger partial charge is 0.481 e. The maximum Gasteiger partial charge on any atom is 0.307 e. The smallest absolute Gasteiger partial charge is 0.307 e.